The summed E-state index contributed by atoms with van der Waals surface area (Å²) in [5.41, 5.74) is 3.50. The number of carbonyl (C=O) groups excluding carboxylic acids is 1. The molecule has 3 aliphatic heterocycles. The van der Waals surface area contributed by atoms with Gasteiger partial charge in [-0.3, -0.25) is 29.5 Å². The largest absolute Gasteiger partial charge is 0.350 e. The topological polar surface area (TPSA) is 146 Å². The first-order valence-electron chi connectivity index (χ1n) is 14.4. The Balaban J connectivity index is 1.05. The summed E-state index contributed by atoms with van der Waals surface area (Å²) in [6.07, 6.45) is 8.14. The molecule has 2 aromatic heterocycles. The molecular formula is C29H34N10O3S. The second kappa shape index (κ2) is 12.4. The second-order valence-electron chi connectivity index (χ2n) is 11.3. The summed E-state index contributed by atoms with van der Waals surface area (Å²) in [6, 6.07) is 8.25. The number of likely N-dealkylation sites (tertiary alicyclic amines) is 1. The lowest BCUT2D eigenvalue weighted by Crippen LogP contribution is -2.37. The summed E-state index contributed by atoms with van der Waals surface area (Å²) in [5, 5.41) is 22.6. The zero-order chi connectivity index (χ0) is 29.9. The number of carbonyl (C=O) groups is 1. The number of rotatable bonds is 9. The van der Waals surface area contributed by atoms with Crippen molar-refractivity contribution in [2.24, 2.45) is 15.9 Å². The highest BCUT2D eigenvalue weighted by molar-refractivity contribution is 7.10. The van der Waals surface area contributed by atoms with Crippen LogP contribution in [0.3, 0.4) is 0 Å². The van der Waals surface area contributed by atoms with Crippen LogP contribution >= 0.6 is 11.5 Å². The van der Waals surface area contributed by atoms with E-state index < -0.39 is 4.92 Å². The van der Waals surface area contributed by atoms with Crippen LogP contribution < -0.4 is 10.6 Å². The average Bonchev–Trinajstić information content (AvgIpc) is 3.72. The van der Waals surface area contributed by atoms with E-state index in [4.69, 9.17) is 9.98 Å². The minimum absolute atomic E-state index is 0.00798. The first-order valence-corrected chi connectivity index (χ1v) is 15.2. The zero-order valence-electron chi connectivity index (χ0n) is 24.1. The van der Waals surface area contributed by atoms with E-state index in [1.807, 2.05) is 19.3 Å². The van der Waals surface area contributed by atoms with Crippen LogP contribution in [0.1, 0.15) is 49.6 Å². The van der Waals surface area contributed by atoms with Gasteiger partial charge in [0.05, 0.1) is 35.1 Å². The molecule has 1 fully saturated rings. The van der Waals surface area contributed by atoms with Gasteiger partial charge in [0.15, 0.2) is 11.7 Å². The number of nitrogens with zero attached hydrogens (tertiary/aromatic N) is 8. The van der Waals surface area contributed by atoms with E-state index >= 15 is 0 Å². The van der Waals surface area contributed by atoms with Gasteiger partial charge in [0.2, 0.25) is 5.91 Å². The number of nitro groups is 1. The molecule has 3 aliphatic rings. The van der Waals surface area contributed by atoms with E-state index in [0.717, 1.165) is 53.3 Å². The van der Waals surface area contributed by atoms with Gasteiger partial charge in [-0.25, -0.2) is 4.99 Å². The van der Waals surface area contributed by atoms with Crippen molar-refractivity contribution in [3.8, 4) is 0 Å². The number of non-ortho nitro benzene ring substituents is 1. The molecule has 224 valence electrons. The number of aromatic nitrogens is 3. The van der Waals surface area contributed by atoms with Crippen molar-refractivity contribution in [1.82, 2.24) is 29.3 Å². The Kier molecular flexibility index (Phi) is 8.29. The molecule has 6 rings (SSSR count). The predicted molar refractivity (Wildman–Crippen MR) is 165 cm³/mol. The molecular weight excluding hydrogens is 568 g/mol. The van der Waals surface area contributed by atoms with Gasteiger partial charge in [0.1, 0.15) is 11.5 Å². The van der Waals surface area contributed by atoms with Crippen LogP contribution in [0.4, 0.5) is 10.7 Å². The number of amides is 1. The Labute approximate surface area is 253 Å². The van der Waals surface area contributed by atoms with Crippen LogP contribution in [0.2, 0.25) is 0 Å². The zero-order valence-corrected chi connectivity index (χ0v) is 25.0. The quantitative estimate of drug-likeness (QED) is 0.277. The Morgan fingerprint density at radius 3 is 3.00 bits per heavy atom. The second-order valence-corrected chi connectivity index (χ2v) is 12.1. The Morgan fingerprint density at radius 1 is 1.28 bits per heavy atom. The van der Waals surface area contributed by atoms with Crippen molar-refractivity contribution >= 4 is 39.8 Å². The number of piperidine rings is 1. The first-order chi connectivity index (χ1) is 20.8. The van der Waals surface area contributed by atoms with Gasteiger partial charge in [-0.1, -0.05) is 19.1 Å². The molecule has 0 radical (unpaired) electrons. The number of amidine groups is 2. The van der Waals surface area contributed by atoms with Gasteiger partial charge in [0, 0.05) is 49.7 Å². The number of hydrogen-bond donors (Lipinski definition) is 2. The minimum Gasteiger partial charge on any atom is -0.350 e. The Bertz CT molecular complexity index is 1610. The molecule has 1 aromatic carbocycles. The molecule has 1 saturated heterocycles. The van der Waals surface area contributed by atoms with Gasteiger partial charge >= 0.3 is 0 Å². The van der Waals surface area contributed by atoms with Crippen molar-refractivity contribution in [2.75, 3.05) is 25.0 Å². The molecule has 0 spiro atoms. The van der Waals surface area contributed by atoms with Crippen LogP contribution in [0.5, 0.6) is 0 Å². The Hall–Kier alpha value is -4.43. The molecule has 43 heavy (non-hydrogen) atoms. The third-order valence-electron chi connectivity index (χ3n) is 7.70. The highest BCUT2D eigenvalue weighted by atomic mass is 32.1. The van der Waals surface area contributed by atoms with Gasteiger partial charge in [0.25, 0.3) is 5.69 Å². The van der Waals surface area contributed by atoms with Crippen LogP contribution in [0, 0.1) is 16.0 Å². The maximum absolute atomic E-state index is 12.6. The molecule has 3 aromatic rings. The SMILES string of the molecule is CC1=CN2C(=NCC2c2cnn(CC(=O)NCc3cccc([N+](=O)[O-])c3)c2)C(Nc2cc(CN3CCCC(C)C3)ns2)=N1. The molecule has 14 heteroatoms. The van der Waals surface area contributed by atoms with Crippen LogP contribution in [-0.2, 0) is 24.4 Å². The van der Waals surface area contributed by atoms with Crippen molar-refractivity contribution in [1.29, 1.82) is 0 Å². The fraction of sp³-hybridized carbons (Fsp3) is 0.414. The van der Waals surface area contributed by atoms with Crippen molar-refractivity contribution in [3.05, 3.63) is 81.6 Å². The summed E-state index contributed by atoms with van der Waals surface area (Å²) in [6.45, 7) is 8.13. The number of benzene rings is 1. The highest BCUT2D eigenvalue weighted by Gasteiger charge is 2.34. The number of hydrogen-bond acceptors (Lipinski definition) is 11. The summed E-state index contributed by atoms with van der Waals surface area (Å²) < 4.78 is 6.27. The number of nitrogens with one attached hydrogen (secondary N) is 2. The average molecular weight is 603 g/mol. The molecule has 2 atom stereocenters. The third kappa shape index (κ3) is 6.81. The van der Waals surface area contributed by atoms with Gasteiger partial charge in [-0.15, -0.1) is 0 Å². The van der Waals surface area contributed by atoms with E-state index in [9.17, 15) is 14.9 Å². The molecule has 5 heterocycles. The molecule has 13 nitrogen and oxygen atoms in total. The standard InChI is InChI=1S/C29H34N10O3S/c1-19-5-4-8-36(14-19)17-23-10-27(43-35-23)34-28-29-31-13-25(38(29)15-20(2)33-28)22-12-32-37(16-22)18-26(40)30-11-21-6-3-7-24(9-21)39(41)42/h3,6-7,9-10,12,15-16,19,25H,4-5,8,11,13-14,17-18H2,1-2H3,(H,30,40)(H,33,34). The van der Waals surface area contributed by atoms with Crippen LogP contribution in [0.15, 0.2) is 64.6 Å². The number of anilines is 1. The van der Waals surface area contributed by atoms with Gasteiger partial charge in [-0.2, -0.15) is 9.47 Å². The van der Waals surface area contributed by atoms with Crippen molar-refractivity contribution in [3.63, 3.8) is 0 Å². The molecule has 0 bridgehead atoms. The van der Waals surface area contributed by atoms with E-state index in [-0.39, 0.29) is 30.7 Å². The summed E-state index contributed by atoms with van der Waals surface area (Å²) >= 11 is 1.44. The molecule has 0 aliphatic carbocycles. The number of fused-ring (bicyclic) bond motifs is 1. The normalized spacial score (nSPS) is 20.2. The smallest absolute Gasteiger partial charge is 0.269 e. The van der Waals surface area contributed by atoms with Crippen LogP contribution in [-0.4, -0.2) is 66.1 Å². The van der Waals surface area contributed by atoms with Gasteiger partial charge in [-0.05, 0) is 55.4 Å². The van der Waals surface area contributed by atoms with Crippen molar-refractivity contribution < 1.29 is 9.72 Å². The predicted octanol–water partition coefficient (Wildman–Crippen LogP) is 3.94. The van der Waals surface area contributed by atoms with E-state index in [1.54, 1.807) is 23.0 Å². The first kappa shape index (κ1) is 28.7. The summed E-state index contributed by atoms with van der Waals surface area (Å²) in [4.78, 5) is 37.2. The number of allylic oxidation sites excluding steroid dienone is 1. The third-order valence-corrected chi connectivity index (χ3v) is 8.44. The fourth-order valence-electron chi connectivity index (χ4n) is 5.69. The van der Waals surface area contributed by atoms with E-state index in [0.29, 0.717) is 17.9 Å². The van der Waals surface area contributed by atoms with Crippen LogP contribution in [0.25, 0.3) is 0 Å². The lowest BCUT2D eigenvalue weighted by molar-refractivity contribution is -0.384. The fourth-order valence-corrected chi connectivity index (χ4v) is 6.35. The molecule has 0 saturated carbocycles. The monoisotopic (exact) mass is 602 g/mol. The van der Waals surface area contributed by atoms with E-state index in [1.165, 1.54) is 36.5 Å². The molecule has 2 N–H and O–H groups in total. The lowest BCUT2D eigenvalue weighted by atomic mass is 10.0. The lowest BCUT2D eigenvalue weighted by Gasteiger charge is -2.30. The summed E-state index contributed by atoms with van der Waals surface area (Å²) in [7, 11) is 0. The molecule has 2 unspecified atom stereocenters. The minimum atomic E-state index is -0.453. The Morgan fingerprint density at radius 2 is 2.16 bits per heavy atom. The summed E-state index contributed by atoms with van der Waals surface area (Å²) in [5.74, 6) is 1.94. The van der Waals surface area contributed by atoms with Crippen molar-refractivity contribution in [2.45, 2.75) is 52.4 Å². The number of aliphatic imine (C=N–C) groups is 2. The van der Waals surface area contributed by atoms with E-state index in [2.05, 4.69) is 42.9 Å². The van der Waals surface area contributed by atoms with Gasteiger partial charge < -0.3 is 15.5 Å². The maximum atomic E-state index is 12.6. The highest BCUT2D eigenvalue weighted by Crippen LogP contribution is 2.31. The molecule has 1 amide bonds. The number of nitro benzene ring substituents is 1. The maximum Gasteiger partial charge on any atom is 0.269 e.